The van der Waals surface area contributed by atoms with Gasteiger partial charge in [0.1, 0.15) is 0 Å². The number of carboxylic acid groups (broad SMARTS) is 1. The molecule has 0 fully saturated rings. The van der Waals surface area contributed by atoms with Crippen LogP contribution in [0.4, 0.5) is 0 Å². The van der Waals surface area contributed by atoms with Crippen molar-refractivity contribution in [2.75, 3.05) is 0 Å². The summed E-state index contributed by atoms with van der Waals surface area (Å²) in [6.45, 7) is 0. The number of carbonyl (C=O) groups is 2. The summed E-state index contributed by atoms with van der Waals surface area (Å²) in [6, 6.07) is 3.00. The zero-order valence-electron chi connectivity index (χ0n) is 7.41. The normalized spacial score (nSPS) is 12.1. The Morgan fingerprint density at radius 1 is 1.13 bits per heavy atom. The van der Waals surface area contributed by atoms with E-state index in [1.54, 1.807) is 0 Å². The lowest BCUT2D eigenvalue weighted by atomic mass is 10.1. The van der Waals surface area contributed by atoms with E-state index in [4.69, 9.17) is 20.4 Å². The smallest absolute Gasteiger partial charge is 0.340 e. The van der Waals surface area contributed by atoms with Crippen molar-refractivity contribution in [2.24, 2.45) is 0 Å². The Morgan fingerprint density at radius 3 is 2.20 bits per heavy atom. The van der Waals surface area contributed by atoms with Gasteiger partial charge in [0.05, 0.1) is 0 Å². The highest BCUT2D eigenvalue weighted by Gasteiger charge is 2.24. The molecule has 0 radical (unpaired) electrons. The fourth-order valence-corrected chi connectivity index (χ4v) is 0.947. The van der Waals surface area contributed by atoms with Crippen LogP contribution in [0.1, 0.15) is 10.4 Å². The molecule has 4 N–H and O–H groups in total. The van der Waals surface area contributed by atoms with Gasteiger partial charge in [0.15, 0.2) is 11.5 Å². The number of aliphatic hydroxyl groups excluding tert-OH is 1. The molecule has 1 atom stereocenters. The summed E-state index contributed by atoms with van der Waals surface area (Å²) >= 11 is 0. The van der Waals surface area contributed by atoms with E-state index in [-0.39, 0.29) is 5.56 Å². The van der Waals surface area contributed by atoms with Crippen LogP contribution in [0.2, 0.25) is 0 Å². The van der Waals surface area contributed by atoms with Gasteiger partial charge in [0.25, 0.3) is 0 Å². The van der Waals surface area contributed by atoms with Crippen LogP contribution >= 0.6 is 0 Å². The molecule has 0 spiro atoms. The van der Waals surface area contributed by atoms with Crippen LogP contribution in [0, 0.1) is 0 Å². The number of Topliss-reactive ketones (excluding diaryl/α,β-unsaturated/α-hetero) is 1. The highest BCUT2D eigenvalue weighted by molar-refractivity contribution is 6.10. The molecule has 1 unspecified atom stereocenters. The Hall–Kier alpha value is -2.08. The molecule has 1 rings (SSSR count). The van der Waals surface area contributed by atoms with Crippen LogP contribution < -0.4 is 0 Å². The summed E-state index contributed by atoms with van der Waals surface area (Å²) in [4.78, 5) is 21.5. The maximum Gasteiger partial charge on any atom is 0.340 e. The number of carboxylic acids is 1. The lowest BCUT2D eigenvalue weighted by molar-refractivity contribution is -0.143. The lowest BCUT2D eigenvalue weighted by Crippen LogP contribution is -2.29. The molecule has 0 bridgehead atoms. The Balaban J connectivity index is 3.02. The molecule has 1 aromatic carbocycles. The first kappa shape index (κ1) is 11.0. The van der Waals surface area contributed by atoms with Crippen LogP contribution in [-0.2, 0) is 4.79 Å². The van der Waals surface area contributed by atoms with E-state index in [0.29, 0.717) is 0 Å². The zero-order valence-corrected chi connectivity index (χ0v) is 7.41. The number of rotatable bonds is 3. The molecular formula is C9H8O6. The predicted molar refractivity (Wildman–Crippen MR) is 47.7 cm³/mol. The SMILES string of the molecule is O=C(O)C(O)C(=O)c1ccc(O)c(O)c1. The van der Waals surface area contributed by atoms with Gasteiger partial charge in [-0.25, -0.2) is 4.79 Å². The van der Waals surface area contributed by atoms with Crippen molar-refractivity contribution in [3.63, 3.8) is 0 Å². The van der Waals surface area contributed by atoms with Crippen molar-refractivity contribution < 1.29 is 30.0 Å². The second kappa shape index (κ2) is 3.97. The van der Waals surface area contributed by atoms with Crippen LogP contribution in [0.3, 0.4) is 0 Å². The molecule has 0 aromatic heterocycles. The summed E-state index contributed by atoms with van der Waals surface area (Å²) in [5.74, 6) is -3.72. The largest absolute Gasteiger partial charge is 0.504 e. The number of hydrogen-bond acceptors (Lipinski definition) is 5. The third-order valence-corrected chi connectivity index (χ3v) is 1.74. The predicted octanol–water partition coefficient (Wildman–Crippen LogP) is -0.274. The summed E-state index contributed by atoms with van der Waals surface area (Å²) < 4.78 is 0. The van der Waals surface area contributed by atoms with Crippen LogP contribution in [0.25, 0.3) is 0 Å². The van der Waals surface area contributed by atoms with Crippen molar-refractivity contribution in [2.45, 2.75) is 6.10 Å². The monoisotopic (exact) mass is 212 g/mol. The number of ketones is 1. The molecule has 80 valence electrons. The quantitative estimate of drug-likeness (QED) is 0.311. The van der Waals surface area contributed by atoms with Crippen molar-refractivity contribution in [3.05, 3.63) is 23.8 Å². The highest BCUT2D eigenvalue weighted by atomic mass is 16.4. The molecule has 0 aliphatic heterocycles. The second-order valence-electron chi connectivity index (χ2n) is 2.81. The Morgan fingerprint density at radius 2 is 1.73 bits per heavy atom. The molecule has 6 heteroatoms. The molecule has 0 amide bonds. The minimum Gasteiger partial charge on any atom is -0.504 e. The Bertz CT molecular complexity index is 411. The number of phenols is 2. The van der Waals surface area contributed by atoms with E-state index in [9.17, 15) is 9.59 Å². The average molecular weight is 212 g/mol. The summed E-state index contributed by atoms with van der Waals surface area (Å²) in [5.41, 5.74) is -0.194. The lowest BCUT2D eigenvalue weighted by Gasteiger charge is -2.05. The molecular weight excluding hydrogens is 204 g/mol. The van der Waals surface area contributed by atoms with Gasteiger partial charge in [-0.2, -0.15) is 0 Å². The number of aliphatic hydroxyl groups is 1. The van der Waals surface area contributed by atoms with Crippen molar-refractivity contribution in [1.29, 1.82) is 0 Å². The number of benzene rings is 1. The molecule has 0 aliphatic rings. The van der Waals surface area contributed by atoms with Gasteiger partial charge in [-0.05, 0) is 18.2 Å². The topological polar surface area (TPSA) is 115 Å². The summed E-state index contributed by atoms with van der Waals surface area (Å²) in [5, 5.41) is 35.2. The van der Waals surface area contributed by atoms with Crippen molar-refractivity contribution >= 4 is 11.8 Å². The number of aromatic hydroxyl groups is 2. The Kier molecular flexibility index (Phi) is 2.91. The molecule has 1 aromatic rings. The number of phenolic OH excluding ortho intramolecular Hbond substituents is 2. The Labute approximate surface area is 84.0 Å². The molecule has 0 saturated carbocycles. The van der Waals surface area contributed by atoms with Gasteiger partial charge in [-0.1, -0.05) is 0 Å². The van der Waals surface area contributed by atoms with Crippen LogP contribution in [-0.4, -0.2) is 38.3 Å². The maximum atomic E-state index is 11.2. The first-order chi connectivity index (χ1) is 6.93. The minimum absolute atomic E-state index is 0.194. The fourth-order valence-electron chi connectivity index (χ4n) is 0.947. The van der Waals surface area contributed by atoms with Gasteiger partial charge < -0.3 is 20.4 Å². The van der Waals surface area contributed by atoms with E-state index in [2.05, 4.69) is 0 Å². The van der Waals surface area contributed by atoms with Gasteiger partial charge in [0.2, 0.25) is 11.9 Å². The first-order valence-electron chi connectivity index (χ1n) is 3.90. The molecule has 0 saturated heterocycles. The number of carbonyl (C=O) groups excluding carboxylic acids is 1. The molecule has 6 nitrogen and oxygen atoms in total. The number of aliphatic carboxylic acids is 1. The van der Waals surface area contributed by atoms with E-state index in [0.717, 1.165) is 18.2 Å². The third-order valence-electron chi connectivity index (χ3n) is 1.74. The fraction of sp³-hybridized carbons (Fsp3) is 0.111. The van der Waals surface area contributed by atoms with Crippen molar-refractivity contribution in [1.82, 2.24) is 0 Å². The van der Waals surface area contributed by atoms with E-state index >= 15 is 0 Å². The van der Waals surface area contributed by atoms with Gasteiger partial charge >= 0.3 is 5.97 Å². The first-order valence-corrected chi connectivity index (χ1v) is 3.90. The zero-order chi connectivity index (χ0) is 11.6. The van der Waals surface area contributed by atoms with Gasteiger partial charge in [-0.3, -0.25) is 4.79 Å². The van der Waals surface area contributed by atoms with Crippen LogP contribution in [0.15, 0.2) is 18.2 Å². The highest BCUT2D eigenvalue weighted by Crippen LogP contribution is 2.25. The van der Waals surface area contributed by atoms with Gasteiger partial charge in [-0.15, -0.1) is 0 Å². The molecule has 0 heterocycles. The third kappa shape index (κ3) is 2.23. The average Bonchev–Trinajstić information content (AvgIpc) is 2.19. The minimum atomic E-state index is -2.17. The molecule has 15 heavy (non-hydrogen) atoms. The van der Waals surface area contributed by atoms with Gasteiger partial charge in [0, 0.05) is 5.56 Å². The van der Waals surface area contributed by atoms with E-state index < -0.39 is 29.4 Å². The van der Waals surface area contributed by atoms with E-state index in [1.807, 2.05) is 0 Å². The van der Waals surface area contributed by atoms with E-state index in [1.165, 1.54) is 0 Å². The number of hydrogen-bond donors (Lipinski definition) is 4. The molecule has 0 aliphatic carbocycles. The summed E-state index contributed by atoms with van der Waals surface area (Å²) in [6.07, 6.45) is -2.17. The van der Waals surface area contributed by atoms with Crippen molar-refractivity contribution in [3.8, 4) is 11.5 Å². The standard InChI is InChI=1S/C9H8O6/c10-5-2-1-4(3-6(5)11)7(12)8(13)9(14)15/h1-3,8,10-11,13H,(H,14,15). The maximum absolute atomic E-state index is 11.2. The van der Waals surface area contributed by atoms with Crippen LogP contribution in [0.5, 0.6) is 11.5 Å². The summed E-state index contributed by atoms with van der Waals surface area (Å²) in [7, 11) is 0. The second-order valence-corrected chi connectivity index (χ2v) is 2.81.